The molecular weight excluding hydrogens is 436 g/mol. The number of nitrogens with one attached hydrogen (secondary N) is 1. The minimum Gasteiger partial charge on any atom is -0.338 e. The second-order valence-electron chi connectivity index (χ2n) is 6.00. The van der Waals surface area contributed by atoms with Crippen LogP contribution in [0.25, 0.3) is 10.2 Å². The molecule has 4 rings (SSSR count). The van der Waals surface area contributed by atoms with E-state index >= 15 is 0 Å². The second kappa shape index (κ2) is 7.13. The molecule has 2 aromatic heterocycles. The van der Waals surface area contributed by atoms with Crippen molar-refractivity contribution in [2.75, 3.05) is 11.6 Å². The van der Waals surface area contributed by atoms with E-state index in [1.807, 2.05) is 6.26 Å². The van der Waals surface area contributed by atoms with Crippen molar-refractivity contribution in [1.29, 1.82) is 0 Å². The van der Waals surface area contributed by atoms with E-state index in [2.05, 4.69) is 31.2 Å². The number of aryl methyl sites for hydroxylation is 2. The van der Waals surface area contributed by atoms with Crippen LogP contribution in [0.4, 0.5) is 17.2 Å². The molecule has 0 saturated carbocycles. The fourth-order valence-corrected chi connectivity index (χ4v) is 5.20. The summed E-state index contributed by atoms with van der Waals surface area (Å²) in [6.07, 6.45) is 6.44. The Labute approximate surface area is 166 Å². The van der Waals surface area contributed by atoms with E-state index in [0.717, 1.165) is 33.3 Å². The third-order valence-electron chi connectivity index (χ3n) is 4.39. The minimum absolute atomic E-state index is 0.0402. The lowest BCUT2D eigenvalue weighted by Gasteiger charge is -2.13. The SMILES string of the molecule is CSc1nc(Nc2cc([N+](=O)[O-])ccc2Br)c2c3c(sc2n1)CCCC3. The van der Waals surface area contributed by atoms with Gasteiger partial charge in [0.05, 0.1) is 16.0 Å². The molecule has 1 aromatic carbocycles. The van der Waals surface area contributed by atoms with E-state index in [4.69, 9.17) is 0 Å². The predicted molar refractivity (Wildman–Crippen MR) is 110 cm³/mol. The third-order valence-corrected chi connectivity index (χ3v) is 6.82. The second-order valence-corrected chi connectivity index (χ2v) is 8.71. The molecule has 0 bridgehead atoms. The van der Waals surface area contributed by atoms with Crippen molar-refractivity contribution in [3.63, 3.8) is 0 Å². The van der Waals surface area contributed by atoms with Crippen LogP contribution in [-0.4, -0.2) is 21.1 Å². The first-order valence-corrected chi connectivity index (χ1v) is 11.0. The molecular formula is C17H15BrN4O2S2. The lowest BCUT2D eigenvalue weighted by molar-refractivity contribution is -0.384. The zero-order valence-corrected chi connectivity index (χ0v) is 17.1. The fourth-order valence-electron chi connectivity index (χ4n) is 3.17. The van der Waals surface area contributed by atoms with Crippen molar-refractivity contribution in [1.82, 2.24) is 9.97 Å². The number of rotatable bonds is 4. The number of hydrogen-bond acceptors (Lipinski definition) is 7. The lowest BCUT2D eigenvalue weighted by Crippen LogP contribution is -2.02. The summed E-state index contributed by atoms with van der Waals surface area (Å²) in [5.74, 6) is 0.722. The maximum Gasteiger partial charge on any atom is 0.271 e. The molecule has 0 fully saturated rings. The highest BCUT2D eigenvalue weighted by molar-refractivity contribution is 9.10. The molecule has 0 aliphatic heterocycles. The highest BCUT2D eigenvalue weighted by atomic mass is 79.9. The van der Waals surface area contributed by atoms with Gasteiger partial charge < -0.3 is 5.32 Å². The average Bonchev–Trinajstić information content (AvgIpc) is 3.01. The molecule has 134 valence electrons. The number of thiophene rings is 1. The minimum atomic E-state index is -0.396. The Morgan fingerprint density at radius 2 is 2.12 bits per heavy atom. The van der Waals surface area contributed by atoms with Gasteiger partial charge in [-0.15, -0.1) is 11.3 Å². The van der Waals surface area contributed by atoms with Crippen molar-refractivity contribution in [3.05, 3.63) is 43.2 Å². The topological polar surface area (TPSA) is 81.0 Å². The smallest absolute Gasteiger partial charge is 0.271 e. The number of anilines is 2. The number of aromatic nitrogens is 2. The number of fused-ring (bicyclic) bond motifs is 3. The zero-order valence-electron chi connectivity index (χ0n) is 13.9. The van der Waals surface area contributed by atoms with E-state index in [-0.39, 0.29) is 5.69 Å². The first kappa shape index (κ1) is 17.7. The maximum atomic E-state index is 11.1. The fraction of sp³-hybridized carbons (Fsp3) is 0.294. The van der Waals surface area contributed by atoms with E-state index in [1.54, 1.807) is 17.4 Å². The quantitative estimate of drug-likeness (QED) is 0.237. The maximum absolute atomic E-state index is 11.1. The summed E-state index contributed by atoms with van der Waals surface area (Å²) in [5, 5.41) is 16.2. The molecule has 1 aliphatic carbocycles. The van der Waals surface area contributed by atoms with Gasteiger partial charge in [0.1, 0.15) is 10.6 Å². The van der Waals surface area contributed by atoms with Gasteiger partial charge in [-0.05, 0) is 59.5 Å². The van der Waals surface area contributed by atoms with E-state index < -0.39 is 4.92 Å². The number of nitrogens with zero attached hydrogens (tertiary/aromatic N) is 3. The molecule has 2 heterocycles. The number of nitro groups is 1. The van der Waals surface area contributed by atoms with Gasteiger partial charge in [0.25, 0.3) is 5.69 Å². The van der Waals surface area contributed by atoms with Gasteiger partial charge in [0.15, 0.2) is 5.16 Å². The molecule has 26 heavy (non-hydrogen) atoms. The van der Waals surface area contributed by atoms with Gasteiger partial charge >= 0.3 is 0 Å². The molecule has 0 saturated heterocycles. The summed E-state index contributed by atoms with van der Waals surface area (Å²) in [7, 11) is 0. The first-order valence-electron chi connectivity index (χ1n) is 8.14. The van der Waals surface area contributed by atoms with Gasteiger partial charge in [-0.3, -0.25) is 10.1 Å². The van der Waals surface area contributed by atoms with Crippen LogP contribution in [0.2, 0.25) is 0 Å². The van der Waals surface area contributed by atoms with E-state index in [0.29, 0.717) is 10.8 Å². The van der Waals surface area contributed by atoms with Crippen LogP contribution in [0.15, 0.2) is 27.8 Å². The van der Waals surface area contributed by atoms with E-state index in [1.165, 1.54) is 47.2 Å². The third kappa shape index (κ3) is 3.19. The molecule has 0 atom stereocenters. The molecule has 0 unspecified atom stereocenters. The van der Waals surface area contributed by atoms with Crippen LogP contribution in [0.3, 0.4) is 0 Å². The van der Waals surface area contributed by atoms with Crippen molar-refractivity contribution in [2.24, 2.45) is 0 Å². The van der Waals surface area contributed by atoms with Crippen LogP contribution in [-0.2, 0) is 12.8 Å². The molecule has 0 spiro atoms. The summed E-state index contributed by atoms with van der Waals surface area (Å²) >= 11 is 6.70. The molecule has 3 aromatic rings. The van der Waals surface area contributed by atoms with Gasteiger partial charge in [-0.25, -0.2) is 9.97 Å². The summed E-state index contributed by atoms with van der Waals surface area (Å²) in [6, 6.07) is 4.68. The number of non-ortho nitro benzene ring substituents is 1. The summed E-state index contributed by atoms with van der Waals surface area (Å²) in [6.45, 7) is 0. The highest BCUT2D eigenvalue weighted by Gasteiger charge is 2.22. The van der Waals surface area contributed by atoms with Crippen LogP contribution in [0.5, 0.6) is 0 Å². The van der Waals surface area contributed by atoms with Crippen LogP contribution in [0, 0.1) is 10.1 Å². The Hall–Kier alpha value is -1.71. The first-order chi connectivity index (χ1) is 12.6. The zero-order chi connectivity index (χ0) is 18.3. The van der Waals surface area contributed by atoms with Crippen LogP contribution < -0.4 is 5.32 Å². The number of thioether (sulfide) groups is 1. The normalized spacial score (nSPS) is 13.6. The van der Waals surface area contributed by atoms with Crippen molar-refractivity contribution < 1.29 is 4.92 Å². The number of nitro benzene ring substituents is 1. The number of hydrogen-bond donors (Lipinski definition) is 1. The summed E-state index contributed by atoms with van der Waals surface area (Å²) in [4.78, 5) is 22.4. The highest BCUT2D eigenvalue weighted by Crippen LogP contribution is 2.41. The standard InChI is InChI=1S/C17H15BrN4O2S2/c1-25-17-20-15(19-12-8-9(22(23)24)6-7-11(12)18)14-10-4-2-3-5-13(10)26-16(14)21-17/h6-8H,2-5H2,1H3,(H,19,20,21). The predicted octanol–water partition coefficient (Wildman–Crippen LogP) is 5.71. The average molecular weight is 451 g/mol. The van der Waals surface area contributed by atoms with Gasteiger partial charge in [-0.1, -0.05) is 11.8 Å². The molecule has 0 radical (unpaired) electrons. The van der Waals surface area contributed by atoms with Gasteiger partial charge in [0.2, 0.25) is 0 Å². The molecule has 1 aliphatic rings. The lowest BCUT2D eigenvalue weighted by atomic mass is 9.97. The van der Waals surface area contributed by atoms with Crippen molar-refractivity contribution in [3.8, 4) is 0 Å². The van der Waals surface area contributed by atoms with Gasteiger partial charge in [-0.2, -0.15) is 0 Å². The van der Waals surface area contributed by atoms with Crippen LogP contribution in [0.1, 0.15) is 23.3 Å². The molecule has 9 heteroatoms. The van der Waals surface area contributed by atoms with Gasteiger partial charge in [0, 0.05) is 21.5 Å². The summed E-state index contributed by atoms with van der Waals surface area (Å²) < 4.78 is 0.754. The molecule has 0 amide bonds. The monoisotopic (exact) mass is 450 g/mol. The van der Waals surface area contributed by atoms with Crippen molar-refractivity contribution in [2.45, 2.75) is 30.8 Å². The summed E-state index contributed by atoms with van der Waals surface area (Å²) in [5.41, 5.74) is 1.99. The Kier molecular flexibility index (Phi) is 4.85. The number of benzene rings is 1. The Morgan fingerprint density at radius 3 is 2.88 bits per heavy atom. The molecule has 6 nitrogen and oxygen atoms in total. The molecule has 1 N–H and O–H groups in total. The largest absolute Gasteiger partial charge is 0.338 e. The van der Waals surface area contributed by atoms with Crippen molar-refractivity contribution >= 4 is 66.4 Å². The van der Waals surface area contributed by atoms with Crippen LogP contribution >= 0.6 is 39.0 Å². The number of halogens is 1. The Balaban J connectivity index is 1.87. The van der Waals surface area contributed by atoms with E-state index in [9.17, 15) is 10.1 Å². The Bertz CT molecular complexity index is 1020. The Morgan fingerprint density at radius 1 is 1.31 bits per heavy atom.